The van der Waals surface area contributed by atoms with Crippen LogP contribution >= 0.6 is 0 Å². The average molecular weight is 317 g/mol. The third-order valence-corrected chi connectivity index (χ3v) is 3.46. The van der Waals surface area contributed by atoms with E-state index in [4.69, 9.17) is 4.84 Å². The number of nitrogens with zero attached hydrogens (tertiary/aromatic N) is 2. The molecule has 23 heavy (non-hydrogen) atoms. The number of rotatable bonds is 3. The number of aryl methyl sites for hydroxylation is 1. The van der Waals surface area contributed by atoms with Gasteiger partial charge < -0.3 is 10.2 Å². The number of benzene rings is 1. The number of pyridine rings is 1. The molecule has 7 heteroatoms. The van der Waals surface area contributed by atoms with Crippen molar-refractivity contribution in [2.24, 2.45) is 5.16 Å². The van der Waals surface area contributed by atoms with E-state index in [-0.39, 0.29) is 17.7 Å². The molecule has 0 bridgehead atoms. The second-order valence-corrected chi connectivity index (χ2v) is 5.09. The molecule has 1 aromatic carbocycles. The summed E-state index contributed by atoms with van der Waals surface area (Å²) in [5, 5.41) is 6.27. The van der Waals surface area contributed by atoms with E-state index < -0.39 is 23.6 Å². The van der Waals surface area contributed by atoms with E-state index in [0.29, 0.717) is 5.82 Å². The fourth-order valence-electron chi connectivity index (χ4n) is 2.25. The van der Waals surface area contributed by atoms with Crippen molar-refractivity contribution in [1.82, 2.24) is 4.98 Å². The zero-order valence-corrected chi connectivity index (χ0v) is 12.2. The molecule has 0 fully saturated rings. The van der Waals surface area contributed by atoms with Crippen LogP contribution in [0.2, 0.25) is 0 Å². The Morgan fingerprint density at radius 1 is 1.26 bits per heavy atom. The zero-order chi connectivity index (χ0) is 16.4. The normalized spacial score (nSPS) is 16.7. The van der Waals surface area contributed by atoms with Crippen molar-refractivity contribution in [1.29, 1.82) is 0 Å². The summed E-state index contributed by atoms with van der Waals surface area (Å²) in [4.78, 5) is 21.2. The smallest absolute Gasteiger partial charge is 0.269 e. The van der Waals surface area contributed by atoms with Crippen LogP contribution in [0.5, 0.6) is 0 Å². The minimum absolute atomic E-state index is 0.0183. The molecular weight excluding hydrogens is 304 g/mol. The van der Waals surface area contributed by atoms with Crippen molar-refractivity contribution >= 4 is 17.4 Å². The molecule has 1 atom stereocenters. The number of hydrogen-bond acceptors (Lipinski definition) is 4. The number of anilines is 1. The van der Waals surface area contributed by atoms with Crippen molar-refractivity contribution in [2.45, 2.75) is 19.4 Å². The Bertz CT molecular complexity index is 772. The van der Waals surface area contributed by atoms with Gasteiger partial charge in [0.2, 0.25) is 6.10 Å². The van der Waals surface area contributed by atoms with Gasteiger partial charge in [-0.2, -0.15) is 0 Å². The minimum atomic E-state index is -0.953. The van der Waals surface area contributed by atoms with Gasteiger partial charge in [0.25, 0.3) is 5.91 Å². The maximum absolute atomic E-state index is 13.7. The predicted molar refractivity (Wildman–Crippen MR) is 80.0 cm³/mol. The third kappa shape index (κ3) is 3.03. The van der Waals surface area contributed by atoms with E-state index >= 15 is 0 Å². The molecule has 118 valence electrons. The van der Waals surface area contributed by atoms with Crippen LogP contribution in [0.3, 0.4) is 0 Å². The SMILES string of the molecule is Cc1cccnc1NC(=O)[C@H]1CC(c2c(F)cccc2F)=NO1. The highest BCUT2D eigenvalue weighted by Crippen LogP contribution is 2.22. The van der Waals surface area contributed by atoms with Crippen LogP contribution in [0, 0.1) is 18.6 Å². The fraction of sp³-hybridized carbons (Fsp3) is 0.188. The number of hydrogen-bond donors (Lipinski definition) is 1. The third-order valence-electron chi connectivity index (χ3n) is 3.46. The molecular formula is C16H13F2N3O2. The van der Waals surface area contributed by atoms with Crippen LogP contribution in [-0.2, 0) is 9.63 Å². The second-order valence-electron chi connectivity index (χ2n) is 5.09. The largest absolute Gasteiger partial charge is 0.382 e. The number of nitrogens with one attached hydrogen (secondary N) is 1. The van der Waals surface area contributed by atoms with Crippen LogP contribution in [0.15, 0.2) is 41.7 Å². The summed E-state index contributed by atoms with van der Waals surface area (Å²) in [6.45, 7) is 1.80. The fourth-order valence-corrected chi connectivity index (χ4v) is 2.25. The lowest BCUT2D eigenvalue weighted by atomic mass is 10.0. The summed E-state index contributed by atoms with van der Waals surface area (Å²) >= 11 is 0. The Morgan fingerprint density at radius 3 is 2.70 bits per heavy atom. The number of carbonyl (C=O) groups is 1. The zero-order valence-electron chi connectivity index (χ0n) is 12.2. The first-order chi connectivity index (χ1) is 11.1. The quantitative estimate of drug-likeness (QED) is 0.947. The molecule has 0 unspecified atom stereocenters. The first-order valence-electron chi connectivity index (χ1n) is 6.96. The van der Waals surface area contributed by atoms with Gasteiger partial charge >= 0.3 is 0 Å². The number of carbonyl (C=O) groups excluding carboxylic acids is 1. The Hall–Kier alpha value is -2.83. The second kappa shape index (κ2) is 6.12. The molecule has 5 nitrogen and oxygen atoms in total. The standard InChI is InChI=1S/C16H13F2N3O2/c1-9-4-3-7-19-15(9)20-16(22)13-8-12(21-23-13)14-10(17)5-2-6-11(14)18/h2-7,13H,8H2,1H3,(H,19,20,22)/t13-/m1/s1. The number of halogens is 2. The average Bonchev–Trinajstić information content (AvgIpc) is 2.99. The summed E-state index contributed by atoms with van der Waals surface area (Å²) in [5.41, 5.74) is 0.593. The van der Waals surface area contributed by atoms with E-state index in [0.717, 1.165) is 17.7 Å². The lowest BCUT2D eigenvalue weighted by Gasteiger charge is -2.10. The highest BCUT2D eigenvalue weighted by atomic mass is 19.1. The van der Waals surface area contributed by atoms with Crippen LogP contribution in [0.4, 0.5) is 14.6 Å². The number of aromatic nitrogens is 1. The predicted octanol–water partition coefficient (Wildman–Crippen LogP) is 2.80. The van der Waals surface area contributed by atoms with Gasteiger partial charge in [0, 0.05) is 12.6 Å². The molecule has 1 aliphatic rings. The summed E-state index contributed by atoms with van der Waals surface area (Å²) in [6, 6.07) is 7.07. The summed E-state index contributed by atoms with van der Waals surface area (Å²) < 4.78 is 27.5. The first kappa shape index (κ1) is 15.1. The van der Waals surface area contributed by atoms with Gasteiger partial charge in [-0.1, -0.05) is 17.3 Å². The Morgan fingerprint density at radius 2 is 2.00 bits per heavy atom. The summed E-state index contributed by atoms with van der Waals surface area (Å²) in [7, 11) is 0. The van der Waals surface area contributed by atoms with E-state index in [1.165, 1.54) is 6.07 Å². The molecule has 1 aromatic heterocycles. The first-order valence-corrected chi connectivity index (χ1v) is 6.96. The van der Waals surface area contributed by atoms with E-state index in [1.54, 1.807) is 25.3 Å². The molecule has 1 N–H and O–H groups in total. The minimum Gasteiger partial charge on any atom is -0.382 e. The number of oxime groups is 1. The molecule has 0 saturated carbocycles. The van der Waals surface area contributed by atoms with Crippen molar-refractivity contribution in [3.63, 3.8) is 0 Å². The van der Waals surface area contributed by atoms with Gasteiger partial charge in [-0.05, 0) is 30.7 Å². The maximum Gasteiger partial charge on any atom is 0.269 e. The Balaban J connectivity index is 1.72. The molecule has 0 spiro atoms. The maximum atomic E-state index is 13.7. The molecule has 0 saturated heterocycles. The van der Waals surface area contributed by atoms with Crippen molar-refractivity contribution in [2.75, 3.05) is 5.32 Å². The molecule has 2 aromatic rings. The molecule has 1 amide bonds. The lowest BCUT2D eigenvalue weighted by molar-refractivity contribution is -0.125. The molecule has 1 aliphatic heterocycles. The van der Waals surface area contributed by atoms with Gasteiger partial charge in [-0.3, -0.25) is 4.79 Å². The number of amides is 1. The van der Waals surface area contributed by atoms with E-state index in [9.17, 15) is 13.6 Å². The summed E-state index contributed by atoms with van der Waals surface area (Å²) in [5.74, 6) is -1.54. The summed E-state index contributed by atoms with van der Waals surface area (Å²) in [6.07, 6.45) is 0.579. The van der Waals surface area contributed by atoms with E-state index in [1.807, 2.05) is 0 Å². The highest BCUT2D eigenvalue weighted by Gasteiger charge is 2.31. The van der Waals surface area contributed by atoms with Gasteiger partial charge in [0.1, 0.15) is 17.5 Å². The highest BCUT2D eigenvalue weighted by molar-refractivity contribution is 6.06. The van der Waals surface area contributed by atoms with Gasteiger partial charge in [-0.15, -0.1) is 0 Å². The van der Waals surface area contributed by atoms with Gasteiger partial charge in [0.05, 0.1) is 11.3 Å². The van der Waals surface area contributed by atoms with E-state index in [2.05, 4.69) is 15.5 Å². The van der Waals surface area contributed by atoms with Crippen molar-refractivity contribution in [3.05, 3.63) is 59.3 Å². The van der Waals surface area contributed by atoms with Crippen molar-refractivity contribution < 1.29 is 18.4 Å². The molecule has 0 aliphatic carbocycles. The topological polar surface area (TPSA) is 63.6 Å². The molecule has 2 heterocycles. The van der Waals surface area contributed by atoms with Crippen molar-refractivity contribution in [3.8, 4) is 0 Å². The molecule has 3 rings (SSSR count). The van der Waals surface area contributed by atoms with Crippen LogP contribution in [0.1, 0.15) is 17.5 Å². The Labute approximate surface area is 131 Å². The molecule has 0 radical (unpaired) electrons. The van der Waals surface area contributed by atoms with Crippen LogP contribution in [-0.4, -0.2) is 22.7 Å². The van der Waals surface area contributed by atoms with Gasteiger partial charge in [-0.25, -0.2) is 13.8 Å². The monoisotopic (exact) mass is 317 g/mol. The Kier molecular flexibility index (Phi) is 4.01. The van der Waals surface area contributed by atoms with Crippen LogP contribution < -0.4 is 5.32 Å². The van der Waals surface area contributed by atoms with Gasteiger partial charge in [0.15, 0.2) is 0 Å². The lowest BCUT2D eigenvalue weighted by Crippen LogP contribution is -2.29. The van der Waals surface area contributed by atoms with Crippen LogP contribution in [0.25, 0.3) is 0 Å².